The molecule has 1 aliphatic rings. The van der Waals surface area contributed by atoms with E-state index in [-0.39, 0.29) is 37.1 Å². The minimum absolute atomic E-state index is 0. The standard InChI is InChI=1S/C7H11N2.C2H6.CH.4V/c1-7(2)9-5-3-8-4-6-9;1-2;;;;;/h3,5,7H,6H2,1-2H3;1-2H3;1H;;;;/q-1;;-1;;;;. The van der Waals surface area contributed by atoms with Gasteiger partial charge in [0.2, 0.25) is 0 Å². The zero-order valence-corrected chi connectivity index (χ0v) is 15.8. The molecule has 0 unspecified atom stereocenters. The summed E-state index contributed by atoms with van der Waals surface area (Å²) in [5.41, 5.74) is 0. The third-order valence-electron chi connectivity index (χ3n) is 1.47. The Morgan fingerprint density at radius 3 is 2.00 bits per heavy atom. The van der Waals surface area contributed by atoms with Crippen LogP contribution in [0.4, 0.5) is 0 Å². The van der Waals surface area contributed by atoms with Crippen LogP contribution < -0.4 is 0 Å². The van der Waals surface area contributed by atoms with E-state index in [1.54, 1.807) is 0 Å². The van der Waals surface area contributed by atoms with Crippen LogP contribution in [0.25, 0.3) is 5.32 Å². The predicted octanol–water partition coefficient (Wildman–Crippen LogP) is 2.10. The van der Waals surface area contributed by atoms with Crippen molar-refractivity contribution in [2.45, 2.75) is 33.7 Å². The van der Waals surface area contributed by atoms with Gasteiger partial charge < -0.3 is 0 Å². The first-order valence-corrected chi connectivity index (χ1v) is 6.14. The molecule has 0 N–H and O–H groups in total. The molecule has 0 bridgehead atoms. The van der Waals surface area contributed by atoms with Gasteiger partial charge >= 0.3 is 92.6 Å². The van der Waals surface area contributed by atoms with Gasteiger partial charge in [-0.2, -0.15) is 0 Å². The molecule has 1 rings (SSSR count). The Balaban J connectivity index is -0.000000109. The zero-order chi connectivity index (χ0) is 11.6. The maximum absolute atomic E-state index is 4.44. The second-order valence-corrected chi connectivity index (χ2v) is 3.42. The van der Waals surface area contributed by atoms with Gasteiger partial charge in [-0.05, 0) is 0 Å². The SMILES string of the molecule is CC.CC(C)N1C=C[N-][C](=[V])C1.[CH-]=[V].[V].[V]. The van der Waals surface area contributed by atoms with Gasteiger partial charge in [0.1, 0.15) is 0 Å². The molecule has 0 aromatic carbocycles. The summed E-state index contributed by atoms with van der Waals surface area (Å²) in [6, 6.07) is 0.575. The third-order valence-corrected chi connectivity index (χ3v) is 1.87. The van der Waals surface area contributed by atoms with E-state index in [1.807, 2.05) is 43.2 Å². The minimum atomic E-state index is 0. The van der Waals surface area contributed by atoms with Crippen LogP contribution in [0.2, 0.25) is 0 Å². The van der Waals surface area contributed by atoms with Crippen molar-refractivity contribution < 1.29 is 71.1 Å². The van der Waals surface area contributed by atoms with Gasteiger partial charge in [-0.25, -0.2) is 0 Å². The van der Waals surface area contributed by atoms with E-state index < -0.39 is 0 Å². The van der Waals surface area contributed by atoms with Gasteiger partial charge in [0.25, 0.3) is 0 Å². The summed E-state index contributed by atoms with van der Waals surface area (Å²) in [6.07, 6.45) is 3.87. The van der Waals surface area contributed by atoms with Gasteiger partial charge in [-0.3, -0.25) is 0 Å². The van der Waals surface area contributed by atoms with Gasteiger partial charge in [-0.15, -0.1) is 0 Å². The topological polar surface area (TPSA) is 17.3 Å². The molecule has 0 saturated carbocycles. The molecular formula is C10H18N2V4-2. The number of hydrogen-bond acceptors (Lipinski definition) is 1. The predicted molar refractivity (Wildman–Crippen MR) is 56.8 cm³/mol. The molecule has 1 heterocycles. The molecule has 90 valence electrons. The molecular weight excluding hydrogens is 352 g/mol. The molecule has 0 aliphatic carbocycles. The molecule has 6 heteroatoms. The van der Waals surface area contributed by atoms with Crippen LogP contribution in [-0.2, 0) is 71.1 Å². The Kier molecular flexibility index (Phi) is 30.6. The van der Waals surface area contributed by atoms with Crippen LogP contribution in [0.3, 0.4) is 0 Å². The molecule has 16 heavy (non-hydrogen) atoms. The van der Waals surface area contributed by atoms with Crippen molar-refractivity contribution in [3.8, 4) is 0 Å². The second kappa shape index (κ2) is 18.8. The van der Waals surface area contributed by atoms with Crippen molar-refractivity contribution in [2.24, 2.45) is 0 Å². The van der Waals surface area contributed by atoms with Gasteiger partial charge in [0, 0.05) is 37.1 Å². The third kappa shape index (κ3) is 13.5. The average Bonchev–Trinajstić information content (AvgIpc) is 2.24. The van der Waals surface area contributed by atoms with Crippen molar-refractivity contribution in [3.05, 3.63) is 17.7 Å². The fourth-order valence-corrected chi connectivity index (χ4v) is 1.18. The van der Waals surface area contributed by atoms with E-state index in [0.29, 0.717) is 6.04 Å². The van der Waals surface area contributed by atoms with Crippen molar-refractivity contribution in [1.82, 2.24) is 4.90 Å². The fourth-order valence-electron chi connectivity index (χ4n) is 0.817. The Bertz CT molecular complexity index is 184. The zero-order valence-electron chi connectivity index (χ0n) is 10.2. The minimum Gasteiger partial charge on any atom is 0 e. The molecule has 1 aliphatic heterocycles. The van der Waals surface area contributed by atoms with Crippen LogP contribution >= 0.6 is 0 Å². The molecule has 0 amide bonds. The van der Waals surface area contributed by atoms with Crippen LogP contribution in [0, 0.1) is 0 Å². The molecule has 2 nitrogen and oxygen atoms in total. The number of hydrogen-bond donors (Lipinski definition) is 0. The van der Waals surface area contributed by atoms with Crippen molar-refractivity contribution in [1.29, 1.82) is 0 Å². The van der Waals surface area contributed by atoms with E-state index in [2.05, 4.69) is 46.3 Å². The molecule has 2 radical (unpaired) electrons. The molecule has 0 fully saturated rings. The maximum Gasteiger partial charge on any atom is 0 e. The van der Waals surface area contributed by atoms with Crippen LogP contribution in [0.1, 0.15) is 27.7 Å². The molecule has 0 saturated heterocycles. The van der Waals surface area contributed by atoms with E-state index in [1.165, 1.54) is 0 Å². The Hall–Kier alpha value is 1.42. The van der Waals surface area contributed by atoms with E-state index >= 15 is 0 Å². The monoisotopic (exact) mass is 370 g/mol. The first-order chi connectivity index (χ1) is 6.70. The summed E-state index contributed by atoms with van der Waals surface area (Å²) in [5, 5.41) is 8.57. The van der Waals surface area contributed by atoms with Crippen LogP contribution in [-0.4, -0.2) is 27.1 Å². The quantitative estimate of drug-likeness (QED) is 0.647. The summed E-state index contributed by atoms with van der Waals surface area (Å²) in [6.45, 7) is 9.31. The van der Waals surface area contributed by atoms with Gasteiger partial charge in [-0.1, -0.05) is 13.8 Å². The van der Waals surface area contributed by atoms with E-state index in [4.69, 9.17) is 0 Å². The number of nitrogens with zero attached hydrogens (tertiary/aromatic N) is 2. The molecule has 0 atom stereocenters. The molecule has 0 spiro atoms. The van der Waals surface area contributed by atoms with Gasteiger partial charge in [0.05, 0.1) is 0 Å². The van der Waals surface area contributed by atoms with E-state index in [0.717, 1.165) is 10.9 Å². The Morgan fingerprint density at radius 2 is 1.75 bits per heavy atom. The fraction of sp³-hybridized carbons (Fsp3) is 0.600. The number of rotatable bonds is 1. The molecule has 0 aromatic rings. The molecule has 0 aromatic heterocycles. The van der Waals surface area contributed by atoms with Crippen LogP contribution in [0.15, 0.2) is 12.4 Å². The Morgan fingerprint density at radius 1 is 1.31 bits per heavy atom. The normalized spacial score (nSPS) is 11.7. The first kappa shape index (κ1) is 26.1. The van der Waals surface area contributed by atoms with Crippen molar-refractivity contribution >= 4 is 9.58 Å². The summed E-state index contributed by atoms with van der Waals surface area (Å²) in [4.78, 5) is 2.25. The first-order valence-electron chi connectivity index (χ1n) is 4.64. The smallest absolute Gasteiger partial charge is 0 e. The van der Waals surface area contributed by atoms with Crippen molar-refractivity contribution in [3.63, 3.8) is 0 Å². The largest absolute Gasteiger partial charge is 0 e. The summed E-state index contributed by atoms with van der Waals surface area (Å²) >= 11 is 4.30. The summed E-state index contributed by atoms with van der Waals surface area (Å²) in [5.74, 6) is 0. The Labute approximate surface area is 142 Å². The maximum atomic E-state index is 4.44. The van der Waals surface area contributed by atoms with E-state index in [9.17, 15) is 0 Å². The summed E-state index contributed by atoms with van der Waals surface area (Å²) in [7, 11) is 0. The summed E-state index contributed by atoms with van der Waals surface area (Å²) < 4.78 is 1.13. The van der Waals surface area contributed by atoms with Crippen LogP contribution in [0.5, 0.6) is 0 Å². The van der Waals surface area contributed by atoms with Gasteiger partial charge in [0.15, 0.2) is 0 Å². The average molecular weight is 370 g/mol. The van der Waals surface area contributed by atoms with Crippen molar-refractivity contribution in [2.75, 3.05) is 6.54 Å². The second-order valence-electron chi connectivity index (χ2n) is 2.61.